The number of nitrogens with two attached hydrogens (primary N) is 1. The number of guanidine groups is 1. The van der Waals surface area contributed by atoms with Crippen molar-refractivity contribution in [2.75, 3.05) is 0 Å². The first-order valence-corrected chi connectivity index (χ1v) is 5.72. The third kappa shape index (κ3) is 6.12. The maximum absolute atomic E-state index is 12.3. The minimum absolute atomic E-state index is 0.00199. The van der Waals surface area contributed by atoms with E-state index in [0.717, 1.165) is 4.57 Å². The molecule has 8 heteroatoms. The van der Waals surface area contributed by atoms with Gasteiger partial charge in [0.1, 0.15) is 18.9 Å². The van der Waals surface area contributed by atoms with E-state index >= 15 is 0 Å². The monoisotopic (exact) mass is 277 g/mol. The van der Waals surface area contributed by atoms with E-state index in [-0.39, 0.29) is 23.9 Å². The molecule has 0 radical (unpaired) electrons. The van der Waals surface area contributed by atoms with Crippen molar-refractivity contribution in [2.45, 2.75) is 45.6 Å². The second-order valence-electron chi connectivity index (χ2n) is 5.16. The molecular weight excluding hydrogens is 259 g/mol. The number of nitrogens with one attached hydrogen (secondary N) is 1. The van der Waals surface area contributed by atoms with Gasteiger partial charge in [0, 0.05) is 17.9 Å². The molecule has 3 N–H and O–H groups in total. The zero-order valence-corrected chi connectivity index (χ0v) is 11.1. The van der Waals surface area contributed by atoms with Crippen molar-refractivity contribution < 1.29 is 13.2 Å². The van der Waals surface area contributed by atoms with Crippen LogP contribution in [0.25, 0.3) is 0 Å². The number of nitrogens with zero attached hydrogens (tertiary/aromatic N) is 3. The van der Waals surface area contributed by atoms with Crippen LogP contribution in [0.15, 0.2) is 17.4 Å². The van der Waals surface area contributed by atoms with E-state index in [4.69, 9.17) is 5.73 Å². The number of halogens is 3. The molecular formula is C11H18F3N5. The minimum Gasteiger partial charge on any atom is -0.370 e. The van der Waals surface area contributed by atoms with Crippen LogP contribution in [0, 0.1) is 0 Å². The van der Waals surface area contributed by atoms with E-state index in [9.17, 15) is 13.2 Å². The van der Waals surface area contributed by atoms with Crippen molar-refractivity contribution in [3.63, 3.8) is 0 Å². The molecule has 1 heterocycles. The van der Waals surface area contributed by atoms with E-state index in [1.54, 1.807) is 0 Å². The van der Waals surface area contributed by atoms with E-state index in [1.165, 1.54) is 12.4 Å². The van der Waals surface area contributed by atoms with Gasteiger partial charge in [-0.25, -0.2) is 9.98 Å². The lowest BCUT2D eigenvalue weighted by molar-refractivity contribution is -0.141. The number of aromatic nitrogens is 2. The molecule has 1 aromatic rings. The third-order valence-corrected chi connectivity index (χ3v) is 2.05. The molecule has 19 heavy (non-hydrogen) atoms. The summed E-state index contributed by atoms with van der Waals surface area (Å²) >= 11 is 0. The average molecular weight is 277 g/mol. The van der Waals surface area contributed by atoms with Crippen LogP contribution in [-0.4, -0.2) is 27.2 Å². The van der Waals surface area contributed by atoms with Gasteiger partial charge in [-0.05, 0) is 20.8 Å². The number of hydrogen-bond donors (Lipinski definition) is 2. The second kappa shape index (κ2) is 5.50. The second-order valence-corrected chi connectivity index (χ2v) is 5.16. The highest BCUT2D eigenvalue weighted by molar-refractivity contribution is 5.78. The fourth-order valence-electron chi connectivity index (χ4n) is 1.41. The molecule has 0 atom stereocenters. The Kier molecular flexibility index (Phi) is 4.43. The summed E-state index contributed by atoms with van der Waals surface area (Å²) in [5.41, 5.74) is 5.38. The van der Waals surface area contributed by atoms with E-state index in [0.29, 0.717) is 0 Å². The summed E-state index contributed by atoms with van der Waals surface area (Å²) in [5.74, 6) is 0.394. The van der Waals surface area contributed by atoms with Gasteiger partial charge < -0.3 is 15.6 Å². The predicted molar refractivity (Wildman–Crippen MR) is 66.5 cm³/mol. The molecule has 0 aliphatic rings. The SMILES string of the molecule is CC(C)(C)NC(N)=NCc1nccn1CC(F)(F)F. The van der Waals surface area contributed by atoms with E-state index < -0.39 is 12.7 Å². The van der Waals surface area contributed by atoms with Gasteiger partial charge in [0.05, 0.1) is 0 Å². The lowest BCUT2D eigenvalue weighted by atomic mass is 10.1. The molecule has 0 aromatic carbocycles. The van der Waals surface area contributed by atoms with Crippen LogP contribution in [0.2, 0.25) is 0 Å². The van der Waals surface area contributed by atoms with Crippen LogP contribution in [0.4, 0.5) is 13.2 Å². The summed E-state index contributed by atoms with van der Waals surface area (Å²) in [7, 11) is 0. The molecule has 5 nitrogen and oxygen atoms in total. The third-order valence-electron chi connectivity index (χ3n) is 2.05. The topological polar surface area (TPSA) is 68.2 Å². The van der Waals surface area contributed by atoms with Crippen molar-refractivity contribution in [2.24, 2.45) is 10.7 Å². The van der Waals surface area contributed by atoms with Crippen LogP contribution in [0.1, 0.15) is 26.6 Å². The van der Waals surface area contributed by atoms with Gasteiger partial charge in [0.25, 0.3) is 0 Å². The smallest absolute Gasteiger partial charge is 0.370 e. The van der Waals surface area contributed by atoms with Crippen LogP contribution in [-0.2, 0) is 13.1 Å². The molecule has 0 spiro atoms. The summed E-state index contributed by atoms with van der Waals surface area (Å²) < 4.78 is 37.9. The van der Waals surface area contributed by atoms with Crippen molar-refractivity contribution in [1.82, 2.24) is 14.9 Å². The fourth-order valence-corrected chi connectivity index (χ4v) is 1.41. The van der Waals surface area contributed by atoms with Gasteiger partial charge in [-0.15, -0.1) is 0 Å². The number of alkyl halides is 3. The minimum atomic E-state index is -4.28. The predicted octanol–water partition coefficient (Wildman–Crippen LogP) is 1.65. The first-order chi connectivity index (χ1) is 8.57. The van der Waals surface area contributed by atoms with Crippen molar-refractivity contribution in [3.05, 3.63) is 18.2 Å². The number of rotatable bonds is 3. The highest BCUT2D eigenvalue weighted by atomic mass is 19.4. The maximum atomic E-state index is 12.3. The lowest BCUT2D eigenvalue weighted by Crippen LogP contribution is -2.45. The zero-order chi connectivity index (χ0) is 14.7. The lowest BCUT2D eigenvalue weighted by Gasteiger charge is -2.21. The van der Waals surface area contributed by atoms with Gasteiger partial charge >= 0.3 is 6.18 Å². The highest BCUT2D eigenvalue weighted by Gasteiger charge is 2.28. The molecule has 1 rings (SSSR count). The first-order valence-electron chi connectivity index (χ1n) is 5.72. The summed E-state index contributed by atoms with van der Waals surface area (Å²) in [6.07, 6.45) is -1.70. The largest absolute Gasteiger partial charge is 0.406 e. The Labute approximate surface area is 109 Å². The number of imidazole rings is 1. The molecule has 0 saturated heterocycles. The van der Waals surface area contributed by atoms with Gasteiger partial charge in [-0.2, -0.15) is 13.2 Å². The number of aliphatic imine (C=N–C) groups is 1. The maximum Gasteiger partial charge on any atom is 0.406 e. The quantitative estimate of drug-likeness (QED) is 0.652. The molecule has 0 aliphatic carbocycles. The Bertz CT molecular complexity index is 442. The fraction of sp³-hybridized carbons (Fsp3) is 0.636. The van der Waals surface area contributed by atoms with E-state index in [2.05, 4.69) is 15.3 Å². The Morgan fingerprint density at radius 3 is 2.58 bits per heavy atom. The van der Waals surface area contributed by atoms with Crippen LogP contribution in [0.5, 0.6) is 0 Å². The molecule has 1 aromatic heterocycles. The van der Waals surface area contributed by atoms with Gasteiger partial charge in [-0.3, -0.25) is 0 Å². The van der Waals surface area contributed by atoms with Gasteiger partial charge in [0.15, 0.2) is 5.96 Å². The summed E-state index contributed by atoms with van der Waals surface area (Å²) in [5, 5.41) is 2.92. The van der Waals surface area contributed by atoms with Crippen molar-refractivity contribution in [3.8, 4) is 0 Å². The first kappa shape index (κ1) is 15.3. The average Bonchev–Trinajstić information content (AvgIpc) is 2.56. The summed E-state index contributed by atoms with van der Waals surface area (Å²) in [6.45, 7) is 4.63. The van der Waals surface area contributed by atoms with E-state index in [1.807, 2.05) is 20.8 Å². The van der Waals surface area contributed by atoms with Gasteiger partial charge in [-0.1, -0.05) is 0 Å². The molecule has 0 amide bonds. The molecule has 0 unspecified atom stereocenters. The van der Waals surface area contributed by atoms with Gasteiger partial charge in [0.2, 0.25) is 0 Å². The normalized spacial score (nSPS) is 13.7. The molecule has 0 bridgehead atoms. The Morgan fingerprint density at radius 1 is 1.42 bits per heavy atom. The standard InChI is InChI=1S/C11H18F3N5/c1-10(2,3)18-9(15)17-6-8-16-4-5-19(8)7-11(12,13)14/h4-5H,6-7H2,1-3H3,(H3,15,17,18). The Morgan fingerprint density at radius 2 is 2.05 bits per heavy atom. The zero-order valence-electron chi connectivity index (χ0n) is 11.1. The van der Waals surface area contributed by atoms with Crippen molar-refractivity contribution in [1.29, 1.82) is 0 Å². The summed E-state index contributed by atoms with van der Waals surface area (Å²) in [6, 6.07) is 0. The number of hydrogen-bond acceptors (Lipinski definition) is 2. The Balaban J connectivity index is 2.68. The van der Waals surface area contributed by atoms with Crippen molar-refractivity contribution >= 4 is 5.96 Å². The van der Waals surface area contributed by atoms with Crippen LogP contribution < -0.4 is 11.1 Å². The summed E-state index contributed by atoms with van der Waals surface area (Å²) in [4.78, 5) is 7.82. The van der Waals surface area contributed by atoms with Crippen LogP contribution in [0.3, 0.4) is 0 Å². The molecule has 108 valence electrons. The van der Waals surface area contributed by atoms with Crippen LogP contribution >= 0.6 is 0 Å². The molecule has 0 aliphatic heterocycles. The Hall–Kier alpha value is -1.73. The molecule has 0 fully saturated rings. The highest BCUT2D eigenvalue weighted by Crippen LogP contribution is 2.18. The molecule has 0 saturated carbocycles.